The van der Waals surface area contributed by atoms with Crippen LogP contribution in [0.3, 0.4) is 0 Å². The fraction of sp³-hybridized carbons (Fsp3) is 0.292. The van der Waals surface area contributed by atoms with E-state index < -0.39 is 11.7 Å². The Morgan fingerprint density at radius 1 is 1.28 bits per heavy atom. The summed E-state index contributed by atoms with van der Waals surface area (Å²) in [5, 5.41) is 8.19. The number of hydrogen-bond donors (Lipinski definition) is 1. The molecular formula is C24H24FN5O2. The van der Waals surface area contributed by atoms with Gasteiger partial charge in [0.2, 0.25) is 0 Å². The van der Waals surface area contributed by atoms with Crippen LogP contribution in [0.25, 0.3) is 22.2 Å². The van der Waals surface area contributed by atoms with Crippen LogP contribution in [0, 0.1) is 12.7 Å². The number of anilines is 1. The van der Waals surface area contributed by atoms with Gasteiger partial charge >= 0.3 is 0 Å². The first-order valence-electron chi connectivity index (χ1n) is 10.7. The Hall–Kier alpha value is -3.52. The van der Waals surface area contributed by atoms with Crippen molar-refractivity contribution in [2.45, 2.75) is 25.8 Å². The van der Waals surface area contributed by atoms with Crippen LogP contribution in [0.1, 0.15) is 28.9 Å². The summed E-state index contributed by atoms with van der Waals surface area (Å²) in [5.41, 5.74) is 2.09. The van der Waals surface area contributed by atoms with E-state index in [0.717, 1.165) is 30.3 Å². The van der Waals surface area contributed by atoms with Gasteiger partial charge in [-0.2, -0.15) is 0 Å². The lowest BCUT2D eigenvalue weighted by atomic mass is 10.0. The van der Waals surface area contributed by atoms with Gasteiger partial charge in [-0.15, -0.1) is 0 Å². The normalized spacial score (nSPS) is 16.4. The number of carbonyl (C=O) groups is 1. The van der Waals surface area contributed by atoms with Gasteiger partial charge in [0.25, 0.3) is 5.91 Å². The maximum Gasteiger partial charge on any atom is 0.262 e. The molecule has 1 aliphatic heterocycles. The molecule has 1 N–H and O–H groups in total. The molecule has 1 atom stereocenters. The highest BCUT2D eigenvalue weighted by Crippen LogP contribution is 2.31. The zero-order valence-corrected chi connectivity index (χ0v) is 18.0. The van der Waals surface area contributed by atoms with Crippen molar-refractivity contribution in [3.05, 3.63) is 65.9 Å². The summed E-state index contributed by atoms with van der Waals surface area (Å²) >= 11 is 0. The van der Waals surface area contributed by atoms with Crippen molar-refractivity contribution in [2.24, 2.45) is 7.05 Å². The number of nitrogens with zero attached hydrogens (tertiary/aromatic N) is 4. The molecule has 0 unspecified atom stereocenters. The maximum absolute atomic E-state index is 15.2. The Kier molecular flexibility index (Phi) is 5.22. The highest BCUT2D eigenvalue weighted by atomic mass is 19.1. The van der Waals surface area contributed by atoms with Crippen LogP contribution in [0.2, 0.25) is 0 Å². The topological polar surface area (TPSA) is 76.2 Å². The molecule has 5 rings (SSSR count). The van der Waals surface area contributed by atoms with Crippen LogP contribution >= 0.6 is 0 Å². The van der Waals surface area contributed by atoms with Crippen molar-refractivity contribution in [1.82, 2.24) is 20.0 Å². The van der Waals surface area contributed by atoms with Crippen LogP contribution < -0.4 is 10.2 Å². The number of carbonyl (C=O) groups excluding carboxylic acids is 1. The molecule has 1 amide bonds. The number of hydrogen-bond acceptors (Lipinski definition) is 5. The molecule has 4 heterocycles. The molecule has 7 nitrogen and oxygen atoms in total. The van der Waals surface area contributed by atoms with E-state index in [4.69, 9.17) is 4.52 Å². The third-order valence-corrected chi connectivity index (χ3v) is 5.96. The molecule has 0 saturated carbocycles. The molecule has 3 aromatic heterocycles. The average molecular weight is 433 g/mol. The number of fused-ring (bicyclic) bond motifs is 1. The second-order valence-corrected chi connectivity index (χ2v) is 8.20. The summed E-state index contributed by atoms with van der Waals surface area (Å²) in [6.45, 7) is 3.33. The predicted octanol–water partition coefficient (Wildman–Crippen LogP) is 4.07. The number of aryl methyl sites for hydroxylation is 2. The van der Waals surface area contributed by atoms with Crippen molar-refractivity contribution >= 4 is 22.6 Å². The van der Waals surface area contributed by atoms with E-state index in [1.54, 1.807) is 30.2 Å². The Bertz CT molecular complexity index is 1290. The summed E-state index contributed by atoms with van der Waals surface area (Å²) in [6, 6.07) is 10.0. The van der Waals surface area contributed by atoms with Crippen molar-refractivity contribution in [3.63, 3.8) is 0 Å². The van der Waals surface area contributed by atoms with Crippen LogP contribution in [0.5, 0.6) is 0 Å². The first-order valence-corrected chi connectivity index (χ1v) is 10.7. The Morgan fingerprint density at radius 3 is 2.88 bits per heavy atom. The van der Waals surface area contributed by atoms with Crippen molar-refractivity contribution in [2.75, 3.05) is 18.0 Å². The minimum atomic E-state index is -0.602. The van der Waals surface area contributed by atoms with Gasteiger partial charge in [0.1, 0.15) is 5.82 Å². The first-order chi connectivity index (χ1) is 15.5. The predicted molar refractivity (Wildman–Crippen MR) is 120 cm³/mol. The number of halogens is 1. The average Bonchev–Trinajstić information content (AvgIpc) is 3.41. The molecule has 0 radical (unpaired) electrons. The molecule has 164 valence electrons. The van der Waals surface area contributed by atoms with E-state index in [2.05, 4.69) is 15.5 Å². The molecule has 0 bridgehead atoms. The summed E-state index contributed by atoms with van der Waals surface area (Å²) < 4.78 is 22.4. The van der Waals surface area contributed by atoms with Crippen molar-refractivity contribution in [3.8, 4) is 11.3 Å². The fourth-order valence-electron chi connectivity index (χ4n) is 4.36. The summed E-state index contributed by atoms with van der Waals surface area (Å²) in [6.07, 6.45) is 5.38. The molecule has 0 aliphatic carbocycles. The zero-order chi connectivity index (χ0) is 22.2. The van der Waals surface area contributed by atoms with E-state index in [0.29, 0.717) is 29.4 Å². The highest BCUT2D eigenvalue weighted by Gasteiger charge is 2.32. The Balaban J connectivity index is 1.59. The van der Waals surface area contributed by atoms with Crippen LogP contribution in [-0.4, -0.2) is 39.7 Å². The number of piperidine rings is 1. The van der Waals surface area contributed by atoms with Crippen molar-refractivity contribution < 1.29 is 13.7 Å². The lowest BCUT2D eigenvalue weighted by Gasteiger charge is -2.34. The van der Waals surface area contributed by atoms with Gasteiger partial charge in [-0.05, 0) is 50.6 Å². The van der Waals surface area contributed by atoms with Gasteiger partial charge in [-0.1, -0.05) is 11.2 Å². The lowest BCUT2D eigenvalue weighted by Crippen LogP contribution is -2.49. The van der Waals surface area contributed by atoms with Crippen molar-refractivity contribution in [1.29, 1.82) is 0 Å². The number of aromatic nitrogens is 3. The molecular weight excluding hydrogens is 409 g/mol. The van der Waals surface area contributed by atoms with E-state index in [1.165, 1.54) is 12.1 Å². The molecule has 1 aromatic carbocycles. The smallest absolute Gasteiger partial charge is 0.262 e. The molecule has 32 heavy (non-hydrogen) atoms. The quantitative estimate of drug-likeness (QED) is 0.525. The van der Waals surface area contributed by atoms with Gasteiger partial charge in [0.15, 0.2) is 11.6 Å². The number of pyridine rings is 1. The van der Waals surface area contributed by atoms with Gasteiger partial charge < -0.3 is 14.4 Å². The molecule has 8 heteroatoms. The fourth-order valence-corrected chi connectivity index (χ4v) is 4.36. The summed E-state index contributed by atoms with van der Waals surface area (Å²) in [5.74, 6) is -0.000838. The number of benzene rings is 1. The van der Waals surface area contributed by atoms with Crippen LogP contribution in [0.4, 0.5) is 10.2 Å². The minimum Gasteiger partial charge on any atom is -0.356 e. The molecule has 1 fully saturated rings. The van der Waals surface area contributed by atoms with Gasteiger partial charge in [-0.25, -0.2) is 9.37 Å². The van der Waals surface area contributed by atoms with Gasteiger partial charge in [-0.3, -0.25) is 9.69 Å². The van der Waals surface area contributed by atoms with E-state index in [9.17, 15) is 4.79 Å². The van der Waals surface area contributed by atoms with Gasteiger partial charge in [0.05, 0.1) is 22.8 Å². The molecule has 4 aromatic rings. The van der Waals surface area contributed by atoms with E-state index in [1.807, 2.05) is 29.9 Å². The van der Waals surface area contributed by atoms with Gasteiger partial charge in [0, 0.05) is 43.0 Å². The SMILES string of the molecule is Cc1cc(-c2ccc(C(=O)N(c3nccc4ccn(C)c34)[C@@H]3CCCNC3)c(F)c2)on1. The summed E-state index contributed by atoms with van der Waals surface area (Å²) in [4.78, 5) is 20.0. The number of nitrogens with one attached hydrogen (secondary N) is 1. The van der Waals surface area contributed by atoms with E-state index >= 15 is 4.39 Å². The highest BCUT2D eigenvalue weighted by molar-refractivity contribution is 6.10. The monoisotopic (exact) mass is 433 g/mol. The standard InChI is InChI=1S/C24H24FN5O2/c1-15-12-21(32-28-15)17-5-6-19(20(25)13-17)24(31)30(18-4-3-9-26-14-18)23-22-16(7-10-27-23)8-11-29(22)2/h5-8,10-13,18,26H,3-4,9,14H2,1-2H3/t18-/m1/s1. The van der Waals surface area contributed by atoms with Crippen LogP contribution in [-0.2, 0) is 7.05 Å². The number of amides is 1. The zero-order valence-electron chi connectivity index (χ0n) is 18.0. The molecule has 1 saturated heterocycles. The van der Waals surface area contributed by atoms with E-state index in [-0.39, 0.29) is 11.6 Å². The maximum atomic E-state index is 15.2. The third kappa shape index (κ3) is 3.56. The second-order valence-electron chi connectivity index (χ2n) is 8.20. The lowest BCUT2D eigenvalue weighted by molar-refractivity contribution is 0.0968. The molecule has 0 spiro atoms. The Labute approximate surface area is 184 Å². The Morgan fingerprint density at radius 2 is 2.16 bits per heavy atom. The van der Waals surface area contributed by atoms with Crippen LogP contribution in [0.15, 0.2) is 53.3 Å². The first kappa shape index (κ1) is 20.4. The summed E-state index contributed by atoms with van der Waals surface area (Å²) in [7, 11) is 1.92. The minimum absolute atomic E-state index is 0.00331. The third-order valence-electron chi connectivity index (χ3n) is 5.96. The second kappa shape index (κ2) is 8.20. The largest absolute Gasteiger partial charge is 0.356 e. The number of rotatable bonds is 4. The molecule has 1 aliphatic rings.